The van der Waals surface area contributed by atoms with Gasteiger partial charge in [0.25, 0.3) is 5.91 Å². The summed E-state index contributed by atoms with van der Waals surface area (Å²) in [6, 6.07) is 10.0. The summed E-state index contributed by atoms with van der Waals surface area (Å²) < 4.78 is 6.98. The van der Waals surface area contributed by atoms with Gasteiger partial charge in [0.15, 0.2) is 5.65 Å². The van der Waals surface area contributed by atoms with Crippen molar-refractivity contribution in [2.75, 3.05) is 19.7 Å². The van der Waals surface area contributed by atoms with Crippen LogP contribution in [0.1, 0.15) is 48.4 Å². The molecule has 1 aliphatic heterocycles. The fraction of sp³-hybridized carbons (Fsp3) is 0.417. The molecule has 0 spiro atoms. The number of nitrogens with zero attached hydrogens (tertiary/aromatic N) is 4. The van der Waals surface area contributed by atoms with Gasteiger partial charge >= 0.3 is 5.97 Å². The summed E-state index contributed by atoms with van der Waals surface area (Å²) in [6.45, 7) is 7.14. The number of esters is 1. The first-order chi connectivity index (χ1) is 15.0. The molecule has 1 aliphatic rings. The van der Waals surface area contributed by atoms with Crippen molar-refractivity contribution in [2.45, 2.75) is 40.0 Å². The molecule has 7 nitrogen and oxygen atoms in total. The lowest BCUT2D eigenvalue weighted by molar-refractivity contribution is -0.149. The van der Waals surface area contributed by atoms with E-state index in [9.17, 15) is 9.59 Å². The van der Waals surface area contributed by atoms with Crippen molar-refractivity contribution in [3.8, 4) is 11.1 Å². The Morgan fingerprint density at radius 1 is 1.19 bits per heavy atom. The zero-order valence-electron chi connectivity index (χ0n) is 18.3. The summed E-state index contributed by atoms with van der Waals surface area (Å²) in [6.07, 6.45) is 3.84. The number of hydrogen-bond acceptors (Lipinski definition) is 5. The maximum atomic E-state index is 13.4. The molecule has 1 atom stereocenters. The van der Waals surface area contributed by atoms with Crippen LogP contribution < -0.4 is 0 Å². The molecule has 7 heteroatoms. The van der Waals surface area contributed by atoms with E-state index >= 15 is 0 Å². The number of amides is 1. The van der Waals surface area contributed by atoms with E-state index in [-0.39, 0.29) is 17.8 Å². The van der Waals surface area contributed by atoms with Crippen LogP contribution >= 0.6 is 0 Å². The molecular formula is C24H28N4O3. The molecule has 31 heavy (non-hydrogen) atoms. The Kier molecular flexibility index (Phi) is 6.02. The highest BCUT2D eigenvalue weighted by atomic mass is 16.5. The van der Waals surface area contributed by atoms with Crippen LogP contribution in [0, 0.1) is 12.8 Å². The van der Waals surface area contributed by atoms with Crippen molar-refractivity contribution < 1.29 is 14.3 Å². The molecule has 0 bridgehead atoms. The highest BCUT2D eigenvalue weighted by Crippen LogP contribution is 2.29. The first kappa shape index (κ1) is 21.0. The smallest absolute Gasteiger partial charge is 0.310 e. The molecule has 3 heterocycles. The summed E-state index contributed by atoms with van der Waals surface area (Å²) in [5.41, 5.74) is 5.03. The molecule has 1 saturated heterocycles. The number of piperidine rings is 1. The van der Waals surface area contributed by atoms with Gasteiger partial charge in [0.2, 0.25) is 0 Å². The number of aromatic nitrogens is 3. The normalized spacial score (nSPS) is 16.5. The second kappa shape index (κ2) is 8.88. The molecule has 0 N–H and O–H groups in total. The fourth-order valence-electron chi connectivity index (χ4n) is 4.38. The van der Waals surface area contributed by atoms with Gasteiger partial charge in [-0.05, 0) is 38.7 Å². The third-order valence-electron chi connectivity index (χ3n) is 5.87. The quantitative estimate of drug-likeness (QED) is 0.589. The van der Waals surface area contributed by atoms with Crippen molar-refractivity contribution >= 4 is 17.5 Å². The lowest BCUT2D eigenvalue weighted by atomic mass is 9.97. The van der Waals surface area contributed by atoms with Gasteiger partial charge in [-0.25, -0.2) is 9.50 Å². The number of rotatable bonds is 5. The van der Waals surface area contributed by atoms with Gasteiger partial charge in [-0.2, -0.15) is 5.10 Å². The first-order valence-electron chi connectivity index (χ1n) is 10.9. The Morgan fingerprint density at radius 2 is 1.97 bits per heavy atom. The van der Waals surface area contributed by atoms with Gasteiger partial charge in [-0.1, -0.05) is 37.3 Å². The SMILES string of the molecule is CCOC(=O)C1CCCN(C(=O)c2cnc3c(-c4ccccc4)c(C)nn3c2CC)C1. The van der Waals surface area contributed by atoms with Crippen molar-refractivity contribution in [3.63, 3.8) is 0 Å². The van der Waals surface area contributed by atoms with Gasteiger partial charge in [0, 0.05) is 24.8 Å². The number of fused-ring (bicyclic) bond motifs is 1. The van der Waals surface area contributed by atoms with E-state index in [0.717, 1.165) is 41.0 Å². The fourth-order valence-corrected chi connectivity index (χ4v) is 4.38. The maximum Gasteiger partial charge on any atom is 0.310 e. The Labute approximate surface area is 182 Å². The Morgan fingerprint density at radius 3 is 2.68 bits per heavy atom. The topological polar surface area (TPSA) is 76.8 Å². The summed E-state index contributed by atoms with van der Waals surface area (Å²) in [5.74, 6) is -0.592. The van der Waals surface area contributed by atoms with E-state index in [1.807, 2.05) is 44.2 Å². The number of carbonyl (C=O) groups is 2. The number of hydrogen-bond donors (Lipinski definition) is 0. The molecule has 0 aliphatic carbocycles. The minimum atomic E-state index is -0.268. The van der Waals surface area contributed by atoms with Crippen LogP contribution in [0.15, 0.2) is 36.5 Å². The third kappa shape index (κ3) is 3.92. The Balaban J connectivity index is 1.70. The van der Waals surface area contributed by atoms with Gasteiger partial charge in [0.1, 0.15) is 0 Å². The molecule has 1 fully saturated rings. The number of benzene rings is 1. The molecular weight excluding hydrogens is 392 g/mol. The lowest BCUT2D eigenvalue weighted by Gasteiger charge is -2.32. The standard InChI is InChI=1S/C24H28N4O3/c1-4-20-19(23(29)27-13-9-12-18(15-27)24(30)31-5-2)14-25-22-21(16(3)26-28(20)22)17-10-7-6-8-11-17/h6-8,10-11,14,18H,4-5,9,12-13,15H2,1-3H3. The Bertz CT molecular complexity index is 1110. The highest BCUT2D eigenvalue weighted by Gasteiger charge is 2.31. The molecule has 162 valence electrons. The minimum Gasteiger partial charge on any atom is -0.466 e. The predicted octanol–water partition coefficient (Wildman–Crippen LogP) is 3.68. The van der Waals surface area contributed by atoms with Crippen molar-refractivity contribution in [2.24, 2.45) is 5.92 Å². The molecule has 1 aromatic carbocycles. The van der Waals surface area contributed by atoms with Crippen LogP contribution in [0.4, 0.5) is 0 Å². The van der Waals surface area contributed by atoms with E-state index in [4.69, 9.17) is 9.84 Å². The maximum absolute atomic E-state index is 13.4. The largest absolute Gasteiger partial charge is 0.466 e. The monoisotopic (exact) mass is 420 g/mol. The van der Waals surface area contributed by atoms with Crippen LogP contribution in [-0.2, 0) is 16.0 Å². The predicted molar refractivity (Wildman–Crippen MR) is 118 cm³/mol. The van der Waals surface area contributed by atoms with E-state index in [1.54, 1.807) is 22.5 Å². The number of ether oxygens (including phenoxy) is 1. The van der Waals surface area contributed by atoms with E-state index < -0.39 is 0 Å². The number of aryl methyl sites for hydroxylation is 2. The number of carbonyl (C=O) groups excluding carboxylic acids is 2. The second-order valence-corrected chi connectivity index (χ2v) is 7.88. The van der Waals surface area contributed by atoms with Gasteiger partial charge < -0.3 is 9.64 Å². The molecule has 4 rings (SSSR count). The molecule has 2 aromatic heterocycles. The zero-order chi connectivity index (χ0) is 22.0. The minimum absolute atomic E-state index is 0.102. The van der Waals surface area contributed by atoms with Gasteiger partial charge in [-0.15, -0.1) is 0 Å². The highest BCUT2D eigenvalue weighted by molar-refractivity contribution is 5.96. The molecule has 0 saturated carbocycles. The molecule has 1 unspecified atom stereocenters. The van der Waals surface area contributed by atoms with Crippen molar-refractivity contribution in [1.29, 1.82) is 0 Å². The van der Waals surface area contributed by atoms with Crippen molar-refractivity contribution in [3.05, 3.63) is 53.5 Å². The molecule has 1 amide bonds. The van der Waals surface area contributed by atoms with Crippen LogP contribution in [0.3, 0.4) is 0 Å². The molecule has 0 radical (unpaired) electrons. The van der Waals surface area contributed by atoms with Gasteiger partial charge in [-0.3, -0.25) is 9.59 Å². The summed E-state index contributed by atoms with van der Waals surface area (Å²) in [4.78, 5) is 32.0. The molecule has 3 aromatic rings. The van der Waals surface area contributed by atoms with Crippen LogP contribution in [0.25, 0.3) is 16.8 Å². The van der Waals surface area contributed by atoms with E-state index in [1.165, 1.54) is 0 Å². The number of likely N-dealkylation sites (tertiary alicyclic amines) is 1. The first-order valence-corrected chi connectivity index (χ1v) is 10.9. The summed E-state index contributed by atoms with van der Waals surface area (Å²) in [5, 5.41) is 4.73. The average molecular weight is 421 g/mol. The van der Waals surface area contributed by atoms with E-state index in [2.05, 4.69) is 4.98 Å². The summed E-state index contributed by atoms with van der Waals surface area (Å²) >= 11 is 0. The second-order valence-electron chi connectivity index (χ2n) is 7.88. The van der Waals surface area contributed by atoms with Crippen LogP contribution in [0.2, 0.25) is 0 Å². The zero-order valence-corrected chi connectivity index (χ0v) is 18.3. The lowest BCUT2D eigenvalue weighted by Crippen LogP contribution is -2.43. The summed E-state index contributed by atoms with van der Waals surface area (Å²) in [7, 11) is 0. The van der Waals surface area contributed by atoms with Crippen LogP contribution in [0.5, 0.6) is 0 Å². The average Bonchev–Trinajstić information content (AvgIpc) is 3.14. The van der Waals surface area contributed by atoms with Crippen LogP contribution in [-0.4, -0.2) is 51.1 Å². The third-order valence-corrected chi connectivity index (χ3v) is 5.87. The van der Waals surface area contributed by atoms with Gasteiger partial charge in [0.05, 0.1) is 29.5 Å². The van der Waals surface area contributed by atoms with E-state index in [0.29, 0.717) is 31.7 Å². The van der Waals surface area contributed by atoms with Crippen molar-refractivity contribution in [1.82, 2.24) is 19.5 Å². The Hall–Kier alpha value is -3.22.